The van der Waals surface area contributed by atoms with Gasteiger partial charge >= 0.3 is 0 Å². The highest BCUT2D eigenvalue weighted by molar-refractivity contribution is 5.95. The Hall–Kier alpha value is -2.14. The SMILES string of the molecule is O=C(NC[C@@H]1C[C@H](F)CN1)c1cccc(-c2ccco2)c1. The predicted molar refractivity (Wildman–Crippen MR) is 77.8 cm³/mol. The number of carbonyl (C=O) groups excluding carboxylic acids is 1. The smallest absolute Gasteiger partial charge is 0.251 e. The number of nitrogens with one attached hydrogen (secondary N) is 2. The zero-order chi connectivity index (χ0) is 14.7. The van der Waals surface area contributed by atoms with Crippen LogP contribution in [0.4, 0.5) is 4.39 Å². The minimum absolute atomic E-state index is 0.0113. The van der Waals surface area contributed by atoms with E-state index in [4.69, 9.17) is 4.42 Å². The van der Waals surface area contributed by atoms with E-state index in [2.05, 4.69) is 10.6 Å². The molecule has 0 bridgehead atoms. The topological polar surface area (TPSA) is 54.3 Å². The minimum atomic E-state index is -0.811. The number of halogens is 1. The maximum Gasteiger partial charge on any atom is 0.251 e. The summed E-state index contributed by atoms with van der Waals surface area (Å²) >= 11 is 0. The summed E-state index contributed by atoms with van der Waals surface area (Å²) in [6.07, 6.45) is 1.24. The van der Waals surface area contributed by atoms with Crippen LogP contribution in [-0.4, -0.2) is 31.2 Å². The molecule has 1 fully saturated rings. The summed E-state index contributed by atoms with van der Waals surface area (Å²) in [6.45, 7) is 0.804. The largest absolute Gasteiger partial charge is 0.464 e. The van der Waals surface area contributed by atoms with Crippen LogP contribution in [0.3, 0.4) is 0 Å². The molecule has 1 saturated heterocycles. The average molecular weight is 288 g/mol. The van der Waals surface area contributed by atoms with Gasteiger partial charge in [-0.3, -0.25) is 4.79 Å². The molecule has 4 nitrogen and oxygen atoms in total. The number of carbonyl (C=O) groups is 1. The summed E-state index contributed by atoms with van der Waals surface area (Å²) in [7, 11) is 0. The summed E-state index contributed by atoms with van der Waals surface area (Å²) in [5.74, 6) is 0.565. The Morgan fingerprint density at radius 2 is 2.29 bits per heavy atom. The van der Waals surface area contributed by atoms with Gasteiger partial charge in [-0.15, -0.1) is 0 Å². The van der Waals surface area contributed by atoms with Crippen molar-refractivity contribution in [2.45, 2.75) is 18.6 Å². The van der Waals surface area contributed by atoms with Crippen LogP contribution in [0.15, 0.2) is 47.1 Å². The van der Waals surface area contributed by atoms with Crippen LogP contribution in [-0.2, 0) is 0 Å². The highest BCUT2D eigenvalue weighted by Gasteiger charge is 2.23. The highest BCUT2D eigenvalue weighted by atomic mass is 19.1. The van der Waals surface area contributed by atoms with Crippen LogP contribution in [0.5, 0.6) is 0 Å². The van der Waals surface area contributed by atoms with Gasteiger partial charge in [0, 0.05) is 30.3 Å². The van der Waals surface area contributed by atoms with E-state index in [-0.39, 0.29) is 11.9 Å². The molecule has 1 aliphatic rings. The van der Waals surface area contributed by atoms with E-state index in [1.807, 2.05) is 18.2 Å². The van der Waals surface area contributed by atoms with Gasteiger partial charge in [0.05, 0.1) is 6.26 Å². The molecule has 2 N–H and O–H groups in total. The molecule has 3 rings (SSSR count). The van der Waals surface area contributed by atoms with Crippen LogP contribution in [0.1, 0.15) is 16.8 Å². The van der Waals surface area contributed by atoms with Crippen molar-refractivity contribution in [1.29, 1.82) is 0 Å². The van der Waals surface area contributed by atoms with E-state index in [1.54, 1.807) is 24.5 Å². The van der Waals surface area contributed by atoms with Crippen LogP contribution in [0.25, 0.3) is 11.3 Å². The molecule has 2 atom stereocenters. The zero-order valence-electron chi connectivity index (χ0n) is 11.5. The van der Waals surface area contributed by atoms with Crippen molar-refractivity contribution in [1.82, 2.24) is 10.6 Å². The average Bonchev–Trinajstić information content (AvgIpc) is 3.16. The third-order valence-corrected chi connectivity index (χ3v) is 3.61. The fraction of sp³-hybridized carbons (Fsp3) is 0.312. The summed E-state index contributed by atoms with van der Waals surface area (Å²) in [4.78, 5) is 12.1. The fourth-order valence-corrected chi connectivity index (χ4v) is 2.50. The molecule has 21 heavy (non-hydrogen) atoms. The van der Waals surface area contributed by atoms with E-state index in [1.165, 1.54) is 0 Å². The Balaban J connectivity index is 1.63. The van der Waals surface area contributed by atoms with Crippen LogP contribution >= 0.6 is 0 Å². The second kappa shape index (κ2) is 6.10. The fourth-order valence-electron chi connectivity index (χ4n) is 2.50. The van der Waals surface area contributed by atoms with Gasteiger partial charge in [0.15, 0.2) is 0 Å². The molecule has 2 aromatic rings. The van der Waals surface area contributed by atoms with Crippen molar-refractivity contribution in [2.24, 2.45) is 0 Å². The first-order valence-electron chi connectivity index (χ1n) is 7.02. The Bertz CT molecular complexity index is 612. The number of amides is 1. The number of alkyl halides is 1. The molecule has 0 radical (unpaired) electrons. The van der Waals surface area contributed by atoms with E-state index in [0.29, 0.717) is 25.1 Å². The van der Waals surface area contributed by atoms with Crippen molar-refractivity contribution in [2.75, 3.05) is 13.1 Å². The third-order valence-electron chi connectivity index (χ3n) is 3.61. The van der Waals surface area contributed by atoms with Gasteiger partial charge in [0.25, 0.3) is 5.91 Å². The highest BCUT2D eigenvalue weighted by Crippen LogP contribution is 2.20. The summed E-state index contributed by atoms with van der Waals surface area (Å²) in [6, 6.07) is 10.9. The van der Waals surface area contributed by atoms with Crippen molar-refractivity contribution < 1.29 is 13.6 Å². The number of hydrogen-bond donors (Lipinski definition) is 2. The number of rotatable bonds is 4. The molecule has 0 unspecified atom stereocenters. The van der Waals surface area contributed by atoms with Gasteiger partial charge in [-0.25, -0.2) is 4.39 Å². The first kappa shape index (κ1) is 13.8. The second-order valence-corrected chi connectivity index (χ2v) is 5.21. The lowest BCUT2D eigenvalue weighted by Crippen LogP contribution is -2.37. The number of furan rings is 1. The maximum absolute atomic E-state index is 13.0. The molecule has 1 aliphatic heterocycles. The van der Waals surface area contributed by atoms with Crippen LogP contribution < -0.4 is 10.6 Å². The van der Waals surface area contributed by atoms with Crippen molar-refractivity contribution in [3.8, 4) is 11.3 Å². The minimum Gasteiger partial charge on any atom is -0.464 e. The van der Waals surface area contributed by atoms with Gasteiger partial charge < -0.3 is 15.1 Å². The van der Waals surface area contributed by atoms with Crippen LogP contribution in [0, 0.1) is 0 Å². The van der Waals surface area contributed by atoms with Crippen molar-refractivity contribution in [3.05, 3.63) is 48.2 Å². The van der Waals surface area contributed by atoms with Gasteiger partial charge in [-0.2, -0.15) is 0 Å². The Kier molecular flexibility index (Phi) is 4.01. The second-order valence-electron chi connectivity index (χ2n) is 5.21. The lowest BCUT2D eigenvalue weighted by atomic mass is 10.1. The standard InChI is InChI=1S/C16H17FN2O2/c17-13-8-14(18-9-13)10-19-16(20)12-4-1-3-11(7-12)15-5-2-6-21-15/h1-7,13-14,18H,8-10H2,(H,19,20)/t13-,14-/m0/s1. The van der Waals surface area contributed by atoms with Gasteiger partial charge in [-0.05, 0) is 30.7 Å². The molecule has 5 heteroatoms. The first-order valence-corrected chi connectivity index (χ1v) is 7.02. The van der Waals surface area contributed by atoms with E-state index < -0.39 is 6.17 Å². The molecule has 2 heterocycles. The van der Waals surface area contributed by atoms with Gasteiger partial charge in [0.2, 0.25) is 0 Å². The molecular formula is C16H17FN2O2. The summed E-state index contributed by atoms with van der Waals surface area (Å²) < 4.78 is 18.4. The lowest BCUT2D eigenvalue weighted by molar-refractivity contribution is 0.0950. The van der Waals surface area contributed by atoms with Gasteiger partial charge in [0.1, 0.15) is 11.9 Å². The van der Waals surface area contributed by atoms with Crippen molar-refractivity contribution in [3.63, 3.8) is 0 Å². The number of benzene rings is 1. The molecule has 1 aromatic carbocycles. The molecule has 0 aliphatic carbocycles. The summed E-state index contributed by atoms with van der Waals surface area (Å²) in [5, 5.41) is 5.88. The van der Waals surface area contributed by atoms with Crippen molar-refractivity contribution >= 4 is 5.91 Å². The molecule has 0 spiro atoms. The Morgan fingerprint density at radius 1 is 1.38 bits per heavy atom. The molecular weight excluding hydrogens is 271 g/mol. The Morgan fingerprint density at radius 3 is 3.00 bits per heavy atom. The normalized spacial score (nSPS) is 21.4. The molecule has 1 aromatic heterocycles. The van der Waals surface area contributed by atoms with E-state index in [9.17, 15) is 9.18 Å². The summed E-state index contributed by atoms with van der Waals surface area (Å²) in [5.41, 5.74) is 1.43. The van der Waals surface area contributed by atoms with Crippen LogP contribution in [0.2, 0.25) is 0 Å². The quantitative estimate of drug-likeness (QED) is 0.908. The Labute approximate surface area is 122 Å². The molecule has 0 saturated carbocycles. The van der Waals surface area contributed by atoms with E-state index >= 15 is 0 Å². The number of hydrogen-bond acceptors (Lipinski definition) is 3. The van der Waals surface area contributed by atoms with Gasteiger partial charge in [-0.1, -0.05) is 12.1 Å². The monoisotopic (exact) mass is 288 g/mol. The molecule has 110 valence electrons. The lowest BCUT2D eigenvalue weighted by Gasteiger charge is -2.11. The van der Waals surface area contributed by atoms with E-state index in [0.717, 1.165) is 11.3 Å². The molecule has 1 amide bonds. The predicted octanol–water partition coefficient (Wildman–Crippen LogP) is 2.38. The zero-order valence-corrected chi connectivity index (χ0v) is 11.5. The maximum atomic E-state index is 13.0. The first-order chi connectivity index (χ1) is 10.2. The third kappa shape index (κ3) is 3.31.